The quantitative estimate of drug-likeness (QED) is 0.908. The van der Waals surface area contributed by atoms with E-state index in [1.165, 1.54) is 19.3 Å². The van der Waals surface area contributed by atoms with E-state index in [4.69, 9.17) is 5.26 Å². The molecule has 1 saturated carbocycles. The summed E-state index contributed by atoms with van der Waals surface area (Å²) in [6.07, 6.45) is 4.04. The molecule has 1 aliphatic rings. The van der Waals surface area contributed by atoms with Crippen LogP contribution in [0.4, 0.5) is 5.69 Å². The molecule has 0 amide bonds. The van der Waals surface area contributed by atoms with Crippen molar-refractivity contribution in [2.24, 2.45) is 11.8 Å². The Labute approximate surface area is 111 Å². The van der Waals surface area contributed by atoms with Crippen molar-refractivity contribution in [2.45, 2.75) is 26.2 Å². The predicted octanol–water partition coefficient (Wildman–Crippen LogP) is 4.17. The summed E-state index contributed by atoms with van der Waals surface area (Å²) in [6.45, 7) is 3.38. The molecule has 0 heterocycles. The highest BCUT2D eigenvalue weighted by Gasteiger charge is 2.20. The summed E-state index contributed by atoms with van der Waals surface area (Å²) in [4.78, 5) is 0. The molecule has 1 aromatic rings. The molecule has 90 valence electrons. The molecule has 0 radical (unpaired) electrons. The smallest absolute Gasteiger partial charge is 0.100 e. The van der Waals surface area contributed by atoms with Crippen molar-refractivity contribution >= 4 is 21.6 Å². The van der Waals surface area contributed by atoms with Gasteiger partial charge in [0, 0.05) is 16.7 Å². The number of hydrogen-bond donors (Lipinski definition) is 1. The zero-order chi connectivity index (χ0) is 12.3. The molecule has 0 aliphatic heterocycles. The van der Waals surface area contributed by atoms with Gasteiger partial charge in [-0.05, 0) is 58.8 Å². The van der Waals surface area contributed by atoms with E-state index in [1.807, 2.05) is 18.2 Å². The van der Waals surface area contributed by atoms with Crippen molar-refractivity contribution in [3.05, 3.63) is 28.2 Å². The molecule has 1 aliphatic carbocycles. The molecule has 1 N–H and O–H groups in total. The van der Waals surface area contributed by atoms with Crippen molar-refractivity contribution in [1.29, 1.82) is 5.26 Å². The average Bonchev–Trinajstić information content (AvgIpc) is 2.73. The summed E-state index contributed by atoms with van der Waals surface area (Å²) in [6, 6.07) is 7.96. The summed E-state index contributed by atoms with van der Waals surface area (Å²) in [5, 5.41) is 12.3. The number of anilines is 1. The minimum Gasteiger partial charge on any atom is -0.385 e. The van der Waals surface area contributed by atoms with Crippen molar-refractivity contribution in [2.75, 3.05) is 11.9 Å². The summed E-state index contributed by atoms with van der Waals surface area (Å²) >= 11 is 3.41. The summed E-state index contributed by atoms with van der Waals surface area (Å²) in [5.41, 5.74) is 1.78. The van der Waals surface area contributed by atoms with E-state index < -0.39 is 0 Å². The van der Waals surface area contributed by atoms with E-state index in [0.717, 1.165) is 28.5 Å². The lowest BCUT2D eigenvalue weighted by Gasteiger charge is -2.12. The molecule has 2 unspecified atom stereocenters. The van der Waals surface area contributed by atoms with Gasteiger partial charge in [0.05, 0.1) is 5.56 Å². The van der Waals surface area contributed by atoms with E-state index in [2.05, 4.69) is 34.2 Å². The lowest BCUT2D eigenvalue weighted by Crippen LogP contribution is -2.11. The molecule has 1 aromatic carbocycles. The first-order valence-corrected chi connectivity index (χ1v) is 6.92. The maximum Gasteiger partial charge on any atom is 0.100 e. The number of hydrogen-bond acceptors (Lipinski definition) is 2. The highest BCUT2D eigenvalue weighted by molar-refractivity contribution is 9.10. The first-order chi connectivity index (χ1) is 8.19. The largest absolute Gasteiger partial charge is 0.385 e. The molecular weight excluding hydrogens is 276 g/mol. The van der Waals surface area contributed by atoms with Gasteiger partial charge < -0.3 is 5.32 Å². The number of rotatable bonds is 3. The number of nitrogens with one attached hydrogen (secondary N) is 1. The topological polar surface area (TPSA) is 35.8 Å². The van der Waals surface area contributed by atoms with Crippen LogP contribution in [0.3, 0.4) is 0 Å². The maximum atomic E-state index is 8.84. The average molecular weight is 293 g/mol. The summed E-state index contributed by atoms with van der Waals surface area (Å²) in [5.74, 6) is 1.69. The van der Waals surface area contributed by atoms with Crippen molar-refractivity contribution in [3.8, 4) is 6.07 Å². The molecule has 2 rings (SSSR count). The van der Waals surface area contributed by atoms with Crippen molar-refractivity contribution < 1.29 is 0 Å². The van der Waals surface area contributed by atoms with Crippen LogP contribution in [0.25, 0.3) is 0 Å². The van der Waals surface area contributed by atoms with Crippen LogP contribution in [0.1, 0.15) is 31.7 Å². The van der Waals surface area contributed by atoms with Crippen LogP contribution in [0.15, 0.2) is 22.7 Å². The third-order valence-corrected chi connectivity index (χ3v) is 4.14. The first kappa shape index (κ1) is 12.4. The Morgan fingerprint density at radius 1 is 1.47 bits per heavy atom. The second kappa shape index (κ2) is 5.55. The highest BCUT2D eigenvalue weighted by Crippen LogP contribution is 2.30. The minimum absolute atomic E-state index is 0.685. The SMILES string of the molecule is CC1CCC(CNc2ccc(C#N)c(Br)c2)C1. The van der Waals surface area contributed by atoms with E-state index in [-0.39, 0.29) is 0 Å². The Kier molecular flexibility index (Phi) is 4.06. The normalized spacial score (nSPS) is 23.4. The van der Waals surface area contributed by atoms with Crippen LogP contribution in [0, 0.1) is 23.2 Å². The molecular formula is C14H17BrN2. The fourth-order valence-electron chi connectivity index (χ4n) is 2.49. The van der Waals surface area contributed by atoms with Crippen LogP contribution >= 0.6 is 15.9 Å². The minimum atomic E-state index is 0.685. The van der Waals surface area contributed by atoms with Crippen molar-refractivity contribution in [3.63, 3.8) is 0 Å². The lowest BCUT2D eigenvalue weighted by atomic mass is 10.1. The monoisotopic (exact) mass is 292 g/mol. The molecule has 0 spiro atoms. The van der Waals surface area contributed by atoms with E-state index in [9.17, 15) is 0 Å². The maximum absolute atomic E-state index is 8.84. The zero-order valence-electron chi connectivity index (χ0n) is 10.0. The first-order valence-electron chi connectivity index (χ1n) is 6.12. The Hall–Kier alpha value is -1.01. The second-order valence-electron chi connectivity index (χ2n) is 4.97. The highest BCUT2D eigenvalue weighted by atomic mass is 79.9. The van der Waals surface area contributed by atoms with Gasteiger partial charge in [-0.1, -0.05) is 13.3 Å². The third-order valence-electron chi connectivity index (χ3n) is 3.49. The summed E-state index contributed by atoms with van der Waals surface area (Å²) in [7, 11) is 0. The molecule has 17 heavy (non-hydrogen) atoms. The Bertz CT molecular complexity index is 436. The standard InChI is InChI=1S/C14H17BrN2/c1-10-2-3-11(6-10)9-17-13-5-4-12(8-16)14(15)7-13/h4-5,7,10-11,17H,2-3,6,9H2,1H3. The second-order valence-corrected chi connectivity index (χ2v) is 5.83. The summed E-state index contributed by atoms with van der Waals surface area (Å²) < 4.78 is 0.866. The van der Waals surface area contributed by atoms with Gasteiger partial charge in [0.25, 0.3) is 0 Å². The lowest BCUT2D eigenvalue weighted by molar-refractivity contribution is 0.537. The van der Waals surface area contributed by atoms with Gasteiger partial charge in [-0.2, -0.15) is 5.26 Å². The van der Waals surface area contributed by atoms with Gasteiger partial charge in [0.2, 0.25) is 0 Å². The Morgan fingerprint density at radius 3 is 2.88 bits per heavy atom. The Morgan fingerprint density at radius 2 is 2.29 bits per heavy atom. The van der Waals surface area contributed by atoms with E-state index >= 15 is 0 Å². The van der Waals surface area contributed by atoms with Gasteiger partial charge in [-0.15, -0.1) is 0 Å². The number of benzene rings is 1. The Balaban J connectivity index is 1.91. The van der Waals surface area contributed by atoms with Gasteiger partial charge in [-0.3, -0.25) is 0 Å². The van der Waals surface area contributed by atoms with Crippen LogP contribution < -0.4 is 5.32 Å². The molecule has 0 saturated heterocycles. The predicted molar refractivity (Wildman–Crippen MR) is 73.9 cm³/mol. The van der Waals surface area contributed by atoms with Crippen LogP contribution in [0.2, 0.25) is 0 Å². The number of nitriles is 1. The van der Waals surface area contributed by atoms with E-state index in [1.54, 1.807) is 0 Å². The van der Waals surface area contributed by atoms with Gasteiger partial charge in [0.15, 0.2) is 0 Å². The molecule has 1 fully saturated rings. The third kappa shape index (κ3) is 3.23. The molecule has 2 nitrogen and oxygen atoms in total. The van der Waals surface area contributed by atoms with Crippen molar-refractivity contribution in [1.82, 2.24) is 0 Å². The fourth-order valence-corrected chi connectivity index (χ4v) is 2.96. The van der Waals surface area contributed by atoms with Gasteiger partial charge in [0.1, 0.15) is 6.07 Å². The zero-order valence-corrected chi connectivity index (χ0v) is 11.6. The van der Waals surface area contributed by atoms with Crippen LogP contribution in [-0.2, 0) is 0 Å². The number of nitrogens with zero attached hydrogens (tertiary/aromatic N) is 1. The van der Waals surface area contributed by atoms with Crippen LogP contribution in [-0.4, -0.2) is 6.54 Å². The van der Waals surface area contributed by atoms with Gasteiger partial charge >= 0.3 is 0 Å². The molecule has 2 atom stereocenters. The molecule has 0 aromatic heterocycles. The van der Waals surface area contributed by atoms with Crippen LogP contribution in [0.5, 0.6) is 0 Å². The fraction of sp³-hybridized carbons (Fsp3) is 0.500. The van der Waals surface area contributed by atoms with E-state index in [0.29, 0.717) is 5.56 Å². The number of halogens is 1. The molecule has 3 heteroatoms. The van der Waals surface area contributed by atoms with Gasteiger partial charge in [-0.25, -0.2) is 0 Å². The molecule has 0 bridgehead atoms.